The lowest BCUT2D eigenvalue weighted by molar-refractivity contribution is -0.0640. The Labute approximate surface area is 147 Å². The minimum absolute atomic E-state index is 0.130. The van der Waals surface area contributed by atoms with E-state index >= 15 is 0 Å². The molecule has 132 valence electrons. The van der Waals surface area contributed by atoms with E-state index in [-0.39, 0.29) is 5.41 Å². The highest BCUT2D eigenvalue weighted by molar-refractivity contribution is 5.66. The predicted molar refractivity (Wildman–Crippen MR) is 101 cm³/mol. The largest absolute Gasteiger partial charge is 0.396 e. The predicted octanol–water partition coefficient (Wildman–Crippen LogP) is 3.26. The van der Waals surface area contributed by atoms with Gasteiger partial charge in [0.15, 0.2) is 0 Å². The van der Waals surface area contributed by atoms with Gasteiger partial charge in [0.2, 0.25) is 0 Å². The number of aliphatic hydroxyl groups is 1. The normalized spacial score (nSPS) is 29.5. The van der Waals surface area contributed by atoms with Crippen molar-refractivity contribution in [1.82, 2.24) is 9.80 Å². The second-order valence-corrected chi connectivity index (χ2v) is 7.61. The monoisotopic (exact) mass is 328 g/mol. The maximum atomic E-state index is 10.1. The standard InChI is InChI=1S/C21H32N2O/c1-3-8-19(18-9-5-4-6-10-18)15-23-14-12-21(17-24)11-7-13-22(2)20(21)16-23/h4-6,8-10,20,24H,3,7,11-17H2,1-2H3/t20-,21-/m1/s1. The second-order valence-electron chi connectivity index (χ2n) is 7.61. The van der Waals surface area contributed by atoms with Gasteiger partial charge in [-0.25, -0.2) is 0 Å². The molecule has 2 atom stereocenters. The number of nitrogens with zero attached hydrogens (tertiary/aromatic N) is 2. The lowest BCUT2D eigenvalue weighted by atomic mass is 9.69. The number of piperidine rings is 2. The third-order valence-corrected chi connectivity index (χ3v) is 6.09. The summed E-state index contributed by atoms with van der Waals surface area (Å²) in [5.41, 5.74) is 2.91. The molecule has 3 heteroatoms. The molecular formula is C21H32N2O. The van der Waals surface area contributed by atoms with E-state index in [2.05, 4.69) is 60.2 Å². The van der Waals surface area contributed by atoms with E-state index in [4.69, 9.17) is 0 Å². The number of fused-ring (bicyclic) bond motifs is 1. The van der Waals surface area contributed by atoms with Crippen LogP contribution in [0.1, 0.15) is 38.2 Å². The first kappa shape index (κ1) is 17.7. The van der Waals surface area contributed by atoms with Crippen LogP contribution >= 0.6 is 0 Å². The van der Waals surface area contributed by atoms with Gasteiger partial charge >= 0.3 is 0 Å². The van der Waals surface area contributed by atoms with Crippen LogP contribution in [-0.4, -0.2) is 60.8 Å². The first-order valence-electron chi connectivity index (χ1n) is 9.46. The number of aliphatic hydroxyl groups excluding tert-OH is 1. The van der Waals surface area contributed by atoms with Gasteiger partial charge in [0, 0.05) is 24.5 Å². The van der Waals surface area contributed by atoms with Gasteiger partial charge in [0.25, 0.3) is 0 Å². The van der Waals surface area contributed by atoms with Crippen molar-refractivity contribution in [2.24, 2.45) is 5.41 Å². The van der Waals surface area contributed by atoms with Crippen LogP contribution in [0.4, 0.5) is 0 Å². The maximum absolute atomic E-state index is 10.1. The highest BCUT2D eigenvalue weighted by Gasteiger charge is 2.46. The van der Waals surface area contributed by atoms with Crippen molar-refractivity contribution in [3.63, 3.8) is 0 Å². The SMILES string of the molecule is CCC=C(CN1CC[C@@]2(CO)CCCN(C)[C@@H]2C1)c1ccccc1. The average molecular weight is 328 g/mol. The third kappa shape index (κ3) is 3.58. The number of hydrogen-bond acceptors (Lipinski definition) is 3. The van der Waals surface area contributed by atoms with E-state index in [1.807, 2.05) is 0 Å². The lowest BCUT2D eigenvalue weighted by Gasteiger charge is -2.53. The van der Waals surface area contributed by atoms with Crippen LogP contribution in [0.5, 0.6) is 0 Å². The quantitative estimate of drug-likeness (QED) is 0.899. The molecule has 0 aliphatic carbocycles. The zero-order valence-corrected chi connectivity index (χ0v) is 15.2. The first-order valence-corrected chi connectivity index (χ1v) is 9.46. The van der Waals surface area contributed by atoms with Crippen LogP contribution < -0.4 is 0 Å². The lowest BCUT2D eigenvalue weighted by Crippen LogP contribution is -2.61. The molecule has 0 aromatic heterocycles. The van der Waals surface area contributed by atoms with Gasteiger partial charge in [-0.3, -0.25) is 4.90 Å². The molecule has 0 spiro atoms. The fourth-order valence-corrected chi connectivity index (χ4v) is 4.63. The molecule has 0 amide bonds. The Morgan fingerprint density at radius 3 is 2.75 bits per heavy atom. The van der Waals surface area contributed by atoms with Crippen LogP contribution in [0.25, 0.3) is 5.57 Å². The van der Waals surface area contributed by atoms with E-state index in [1.165, 1.54) is 24.0 Å². The summed E-state index contributed by atoms with van der Waals surface area (Å²) in [5.74, 6) is 0. The van der Waals surface area contributed by atoms with Crippen molar-refractivity contribution in [2.75, 3.05) is 39.8 Å². The average Bonchev–Trinajstić information content (AvgIpc) is 2.63. The molecule has 0 bridgehead atoms. The number of likely N-dealkylation sites (N-methyl/N-ethyl adjacent to an activating group) is 1. The van der Waals surface area contributed by atoms with Gasteiger partial charge in [-0.15, -0.1) is 0 Å². The van der Waals surface area contributed by atoms with Crippen LogP contribution in [0, 0.1) is 5.41 Å². The first-order chi connectivity index (χ1) is 11.7. The summed E-state index contributed by atoms with van der Waals surface area (Å²) < 4.78 is 0. The summed E-state index contributed by atoms with van der Waals surface area (Å²) in [6, 6.07) is 11.3. The molecule has 1 N–H and O–H groups in total. The van der Waals surface area contributed by atoms with Crippen LogP contribution in [0.2, 0.25) is 0 Å². The molecule has 2 aliphatic rings. The maximum Gasteiger partial charge on any atom is 0.0503 e. The summed E-state index contributed by atoms with van der Waals surface area (Å²) in [7, 11) is 2.23. The Hall–Kier alpha value is -1.16. The van der Waals surface area contributed by atoms with Crippen LogP contribution in [0.15, 0.2) is 36.4 Å². The van der Waals surface area contributed by atoms with Crippen molar-refractivity contribution >= 4 is 5.57 Å². The van der Waals surface area contributed by atoms with Crippen molar-refractivity contribution < 1.29 is 5.11 Å². The second kappa shape index (κ2) is 7.81. The molecule has 1 aromatic rings. The Morgan fingerprint density at radius 2 is 2.04 bits per heavy atom. The molecule has 2 saturated heterocycles. The molecule has 3 rings (SSSR count). The number of hydrogen-bond donors (Lipinski definition) is 1. The summed E-state index contributed by atoms with van der Waals surface area (Å²) in [6.07, 6.45) is 6.96. The van der Waals surface area contributed by atoms with E-state index in [9.17, 15) is 5.11 Å². The molecule has 24 heavy (non-hydrogen) atoms. The Kier molecular flexibility index (Phi) is 5.75. The summed E-state index contributed by atoms with van der Waals surface area (Å²) >= 11 is 0. The Bertz CT molecular complexity index is 556. The Morgan fingerprint density at radius 1 is 1.25 bits per heavy atom. The third-order valence-electron chi connectivity index (χ3n) is 6.09. The van der Waals surface area contributed by atoms with E-state index in [0.29, 0.717) is 12.6 Å². The minimum Gasteiger partial charge on any atom is -0.396 e. The zero-order chi connectivity index (χ0) is 17.0. The van der Waals surface area contributed by atoms with Gasteiger partial charge in [-0.1, -0.05) is 43.3 Å². The number of rotatable bonds is 5. The minimum atomic E-state index is 0.130. The zero-order valence-electron chi connectivity index (χ0n) is 15.2. The van der Waals surface area contributed by atoms with Gasteiger partial charge < -0.3 is 10.0 Å². The molecule has 1 aromatic carbocycles. The summed E-state index contributed by atoms with van der Waals surface area (Å²) in [5, 5.41) is 10.1. The summed E-state index contributed by atoms with van der Waals surface area (Å²) in [4.78, 5) is 5.08. The highest BCUT2D eigenvalue weighted by Crippen LogP contribution is 2.41. The molecule has 2 heterocycles. The van der Waals surface area contributed by atoms with Crippen molar-refractivity contribution in [3.05, 3.63) is 42.0 Å². The van der Waals surface area contributed by atoms with E-state index < -0.39 is 0 Å². The van der Waals surface area contributed by atoms with Gasteiger partial charge in [0.1, 0.15) is 0 Å². The van der Waals surface area contributed by atoms with Gasteiger partial charge in [0.05, 0.1) is 6.61 Å². The molecular weight excluding hydrogens is 296 g/mol. The number of allylic oxidation sites excluding steroid dienone is 1. The van der Waals surface area contributed by atoms with E-state index in [1.54, 1.807) is 0 Å². The molecule has 3 nitrogen and oxygen atoms in total. The molecule has 0 saturated carbocycles. The van der Waals surface area contributed by atoms with Crippen LogP contribution in [0.3, 0.4) is 0 Å². The van der Waals surface area contributed by atoms with Crippen molar-refractivity contribution in [2.45, 2.75) is 38.6 Å². The fraction of sp³-hybridized carbons (Fsp3) is 0.619. The van der Waals surface area contributed by atoms with Crippen molar-refractivity contribution in [1.29, 1.82) is 0 Å². The molecule has 2 aliphatic heterocycles. The highest BCUT2D eigenvalue weighted by atomic mass is 16.3. The van der Waals surface area contributed by atoms with Gasteiger partial charge in [-0.2, -0.15) is 0 Å². The van der Waals surface area contributed by atoms with Crippen LogP contribution in [-0.2, 0) is 0 Å². The van der Waals surface area contributed by atoms with Gasteiger partial charge in [-0.05, 0) is 57.0 Å². The van der Waals surface area contributed by atoms with Crippen molar-refractivity contribution in [3.8, 4) is 0 Å². The van der Waals surface area contributed by atoms with E-state index in [0.717, 1.165) is 39.0 Å². The smallest absolute Gasteiger partial charge is 0.0503 e. The number of benzene rings is 1. The fourth-order valence-electron chi connectivity index (χ4n) is 4.63. The topological polar surface area (TPSA) is 26.7 Å². The summed E-state index contributed by atoms with van der Waals surface area (Å²) in [6.45, 7) is 6.90. The molecule has 2 fully saturated rings. The molecule has 0 unspecified atom stereocenters. The Balaban J connectivity index is 1.73. The molecule has 0 radical (unpaired) electrons. The number of likely N-dealkylation sites (tertiary alicyclic amines) is 2.